The second kappa shape index (κ2) is 6.12. The van der Waals surface area contributed by atoms with Crippen molar-refractivity contribution in [2.75, 3.05) is 26.4 Å². The van der Waals surface area contributed by atoms with E-state index in [9.17, 15) is 0 Å². The zero-order chi connectivity index (χ0) is 11.4. The molecular weight excluding hydrogens is 204 g/mol. The topological polar surface area (TPSA) is 15.3 Å². The van der Waals surface area contributed by atoms with E-state index in [1.165, 1.54) is 12.2 Å². The van der Waals surface area contributed by atoms with Crippen LogP contribution in [0.2, 0.25) is 0 Å². The Hall–Kier alpha value is 0.270. The maximum Gasteiger partial charge on any atom is 0.0220 e. The summed E-state index contributed by atoms with van der Waals surface area (Å²) in [5.41, 5.74) is 0. The Kier molecular flexibility index (Phi) is 5.44. The van der Waals surface area contributed by atoms with Crippen molar-refractivity contribution in [2.24, 2.45) is 5.92 Å². The summed E-state index contributed by atoms with van der Waals surface area (Å²) in [4.78, 5) is 2.28. The zero-order valence-corrected chi connectivity index (χ0v) is 11.6. The minimum Gasteiger partial charge on any atom is -0.309 e. The first-order chi connectivity index (χ1) is 6.99. The van der Waals surface area contributed by atoms with Crippen LogP contribution >= 0.6 is 11.8 Å². The Morgan fingerprint density at radius 1 is 1.40 bits per heavy atom. The second-order valence-corrected chi connectivity index (χ2v) is 6.83. The molecule has 0 amide bonds. The van der Waals surface area contributed by atoms with Crippen molar-refractivity contribution in [3.63, 3.8) is 0 Å². The highest BCUT2D eigenvalue weighted by molar-refractivity contribution is 8.00. The van der Waals surface area contributed by atoms with Gasteiger partial charge in [-0.05, 0) is 26.4 Å². The molecular formula is C12H26N2S. The first-order valence-electron chi connectivity index (χ1n) is 6.01. The summed E-state index contributed by atoms with van der Waals surface area (Å²) in [7, 11) is 4.31. The van der Waals surface area contributed by atoms with Gasteiger partial charge in [-0.15, -0.1) is 0 Å². The predicted molar refractivity (Wildman–Crippen MR) is 70.6 cm³/mol. The van der Waals surface area contributed by atoms with Crippen LogP contribution in [0.3, 0.4) is 0 Å². The SMILES string of the molecule is CC1CC(NC(CN(C)C)C(C)C)CS1. The average molecular weight is 230 g/mol. The number of nitrogens with one attached hydrogen (secondary N) is 1. The van der Waals surface area contributed by atoms with Crippen LogP contribution in [0, 0.1) is 5.92 Å². The number of thioether (sulfide) groups is 1. The summed E-state index contributed by atoms with van der Waals surface area (Å²) in [6, 6.07) is 1.37. The molecule has 3 unspecified atom stereocenters. The molecule has 0 bridgehead atoms. The lowest BCUT2D eigenvalue weighted by molar-refractivity contribution is 0.272. The minimum atomic E-state index is 0.635. The van der Waals surface area contributed by atoms with Crippen molar-refractivity contribution in [3.8, 4) is 0 Å². The summed E-state index contributed by atoms with van der Waals surface area (Å²) in [6.07, 6.45) is 1.33. The normalized spacial score (nSPS) is 29.0. The minimum absolute atomic E-state index is 0.635. The molecule has 0 aromatic carbocycles. The van der Waals surface area contributed by atoms with E-state index < -0.39 is 0 Å². The van der Waals surface area contributed by atoms with E-state index >= 15 is 0 Å². The Bertz CT molecular complexity index is 182. The van der Waals surface area contributed by atoms with Crippen LogP contribution in [0.25, 0.3) is 0 Å². The van der Waals surface area contributed by atoms with E-state index in [4.69, 9.17) is 0 Å². The van der Waals surface area contributed by atoms with Crippen molar-refractivity contribution >= 4 is 11.8 Å². The fourth-order valence-corrected chi connectivity index (χ4v) is 3.25. The molecule has 3 atom stereocenters. The van der Waals surface area contributed by atoms with Gasteiger partial charge in [0, 0.05) is 29.6 Å². The Labute approximate surface area is 99.2 Å². The molecule has 1 saturated heterocycles. The third-order valence-corrected chi connectivity index (χ3v) is 4.37. The second-order valence-electron chi connectivity index (χ2n) is 5.36. The lowest BCUT2D eigenvalue weighted by Gasteiger charge is -2.28. The molecule has 1 heterocycles. The van der Waals surface area contributed by atoms with Gasteiger partial charge in [-0.2, -0.15) is 11.8 Å². The van der Waals surface area contributed by atoms with E-state index in [-0.39, 0.29) is 0 Å². The number of hydrogen-bond acceptors (Lipinski definition) is 3. The molecule has 2 nitrogen and oxygen atoms in total. The molecule has 1 N–H and O–H groups in total. The van der Waals surface area contributed by atoms with Crippen molar-refractivity contribution in [2.45, 2.75) is 44.5 Å². The van der Waals surface area contributed by atoms with Crippen LogP contribution < -0.4 is 5.32 Å². The molecule has 1 fully saturated rings. The summed E-state index contributed by atoms with van der Waals surface area (Å²) in [5.74, 6) is 2.01. The molecule has 15 heavy (non-hydrogen) atoms. The Morgan fingerprint density at radius 3 is 2.47 bits per heavy atom. The molecule has 0 saturated carbocycles. The lowest BCUT2D eigenvalue weighted by Crippen LogP contribution is -2.47. The van der Waals surface area contributed by atoms with E-state index in [0.717, 1.165) is 17.8 Å². The van der Waals surface area contributed by atoms with E-state index in [1.54, 1.807) is 0 Å². The zero-order valence-electron chi connectivity index (χ0n) is 10.8. The van der Waals surface area contributed by atoms with Crippen molar-refractivity contribution in [3.05, 3.63) is 0 Å². The quantitative estimate of drug-likeness (QED) is 0.778. The highest BCUT2D eigenvalue weighted by atomic mass is 32.2. The fourth-order valence-electron chi connectivity index (χ4n) is 2.09. The number of rotatable bonds is 5. The van der Waals surface area contributed by atoms with Crippen LogP contribution in [-0.2, 0) is 0 Å². The summed E-state index contributed by atoms with van der Waals surface area (Å²) in [6.45, 7) is 8.11. The van der Waals surface area contributed by atoms with Gasteiger partial charge < -0.3 is 10.2 Å². The van der Waals surface area contributed by atoms with Crippen LogP contribution in [0.1, 0.15) is 27.2 Å². The van der Waals surface area contributed by atoms with Gasteiger partial charge in [-0.3, -0.25) is 0 Å². The van der Waals surface area contributed by atoms with Gasteiger partial charge in [0.2, 0.25) is 0 Å². The van der Waals surface area contributed by atoms with Crippen LogP contribution in [0.15, 0.2) is 0 Å². The summed E-state index contributed by atoms with van der Waals surface area (Å²) < 4.78 is 0. The van der Waals surface area contributed by atoms with Gasteiger partial charge >= 0.3 is 0 Å². The van der Waals surface area contributed by atoms with Crippen molar-refractivity contribution < 1.29 is 0 Å². The number of nitrogens with zero attached hydrogens (tertiary/aromatic N) is 1. The third-order valence-electron chi connectivity index (χ3n) is 3.01. The van der Waals surface area contributed by atoms with Crippen LogP contribution in [-0.4, -0.2) is 48.6 Å². The van der Waals surface area contributed by atoms with Gasteiger partial charge in [-0.25, -0.2) is 0 Å². The third kappa shape index (κ3) is 4.75. The first kappa shape index (κ1) is 13.3. The fraction of sp³-hybridized carbons (Fsp3) is 1.00. The van der Waals surface area contributed by atoms with E-state index in [2.05, 4.69) is 56.8 Å². The average Bonchev–Trinajstić information content (AvgIpc) is 2.49. The predicted octanol–water partition coefficient (Wildman–Crippen LogP) is 2.06. The highest BCUT2D eigenvalue weighted by Gasteiger charge is 2.25. The van der Waals surface area contributed by atoms with Crippen LogP contribution in [0.4, 0.5) is 0 Å². The highest BCUT2D eigenvalue weighted by Crippen LogP contribution is 2.26. The molecule has 1 rings (SSSR count). The molecule has 3 heteroatoms. The van der Waals surface area contributed by atoms with Gasteiger partial charge in [-0.1, -0.05) is 20.8 Å². The summed E-state index contributed by atoms with van der Waals surface area (Å²) in [5, 5.41) is 4.66. The lowest BCUT2D eigenvalue weighted by atomic mass is 10.0. The first-order valence-corrected chi connectivity index (χ1v) is 7.06. The van der Waals surface area contributed by atoms with E-state index in [1.807, 2.05) is 0 Å². The largest absolute Gasteiger partial charge is 0.309 e. The van der Waals surface area contributed by atoms with Crippen LogP contribution in [0.5, 0.6) is 0 Å². The van der Waals surface area contributed by atoms with Gasteiger partial charge in [0.15, 0.2) is 0 Å². The van der Waals surface area contributed by atoms with Gasteiger partial charge in [0.1, 0.15) is 0 Å². The number of hydrogen-bond donors (Lipinski definition) is 1. The van der Waals surface area contributed by atoms with E-state index in [0.29, 0.717) is 12.0 Å². The Morgan fingerprint density at radius 2 is 2.07 bits per heavy atom. The maximum absolute atomic E-state index is 3.81. The molecule has 0 spiro atoms. The molecule has 0 radical (unpaired) electrons. The summed E-state index contributed by atoms with van der Waals surface area (Å²) >= 11 is 2.10. The number of likely N-dealkylation sites (N-methyl/N-ethyl adjacent to an activating group) is 1. The van der Waals surface area contributed by atoms with Crippen molar-refractivity contribution in [1.29, 1.82) is 0 Å². The molecule has 1 aliphatic heterocycles. The van der Waals surface area contributed by atoms with Crippen molar-refractivity contribution in [1.82, 2.24) is 10.2 Å². The van der Waals surface area contributed by atoms with Gasteiger partial charge in [0.25, 0.3) is 0 Å². The monoisotopic (exact) mass is 230 g/mol. The molecule has 90 valence electrons. The smallest absolute Gasteiger partial charge is 0.0220 e. The maximum atomic E-state index is 3.81. The molecule has 0 aliphatic carbocycles. The Balaban J connectivity index is 2.37. The molecule has 1 aliphatic rings. The molecule has 0 aromatic heterocycles. The van der Waals surface area contributed by atoms with Gasteiger partial charge in [0.05, 0.1) is 0 Å². The standard InChI is InChI=1S/C12H26N2S/c1-9(2)12(7-14(4)5)13-11-6-10(3)15-8-11/h9-13H,6-8H2,1-5H3. The molecule has 0 aromatic rings.